The Labute approximate surface area is 147 Å². The molecule has 0 aliphatic carbocycles. The number of piperazine rings is 1. The van der Waals surface area contributed by atoms with Gasteiger partial charge in [0, 0.05) is 60.0 Å². The fourth-order valence-corrected chi connectivity index (χ4v) is 2.58. The molecule has 0 spiro atoms. The molecule has 1 heterocycles. The summed E-state index contributed by atoms with van der Waals surface area (Å²) >= 11 is 0. The molecule has 0 radical (unpaired) electrons. The van der Waals surface area contributed by atoms with Crippen molar-refractivity contribution in [1.82, 2.24) is 20.4 Å². The third-order valence-electron chi connectivity index (χ3n) is 4.20. The fraction of sp³-hybridized carbons (Fsp3) is 0.941. The van der Waals surface area contributed by atoms with Crippen LogP contribution in [0.15, 0.2) is 4.99 Å². The van der Waals surface area contributed by atoms with Crippen LogP contribution in [0.3, 0.4) is 0 Å². The van der Waals surface area contributed by atoms with E-state index in [2.05, 4.69) is 32.5 Å². The molecule has 7 heteroatoms. The first-order chi connectivity index (χ1) is 11.8. The van der Waals surface area contributed by atoms with E-state index in [1.54, 1.807) is 7.11 Å². The lowest BCUT2D eigenvalue weighted by atomic mass is 10.2. The largest absolute Gasteiger partial charge is 0.382 e. The second-order valence-electron chi connectivity index (χ2n) is 6.24. The van der Waals surface area contributed by atoms with Crippen molar-refractivity contribution >= 4 is 5.96 Å². The number of hydrogen-bond acceptors (Lipinski definition) is 5. The van der Waals surface area contributed by atoms with Gasteiger partial charge >= 0.3 is 0 Å². The van der Waals surface area contributed by atoms with E-state index in [1.165, 1.54) is 45.6 Å². The van der Waals surface area contributed by atoms with Crippen molar-refractivity contribution in [3.8, 4) is 0 Å². The van der Waals surface area contributed by atoms with Crippen molar-refractivity contribution < 1.29 is 9.47 Å². The number of methoxy groups -OCH3 is 1. The summed E-state index contributed by atoms with van der Waals surface area (Å²) in [6.07, 6.45) is 3.38. The van der Waals surface area contributed by atoms with Crippen LogP contribution in [0.4, 0.5) is 0 Å². The molecule has 0 saturated carbocycles. The van der Waals surface area contributed by atoms with Gasteiger partial charge in [0.15, 0.2) is 5.96 Å². The molecule has 142 valence electrons. The van der Waals surface area contributed by atoms with Gasteiger partial charge in [-0.2, -0.15) is 0 Å². The summed E-state index contributed by atoms with van der Waals surface area (Å²) in [7, 11) is 5.70. The number of aliphatic imine (C=N–C) groups is 1. The minimum atomic E-state index is 0.658. The zero-order valence-corrected chi connectivity index (χ0v) is 15.9. The van der Waals surface area contributed by atoms with Crippen LogP contribution in [0.2, 0.25) is 0 Å². The first-order valence-electron chi connectivity index (χ1n) is 9.18. The lowest BCUT2D eigenvalue weighted by Gasteiger charge is -2.32. The molecule has 0 unspecified atom stereocenters. The van der Waals surface area contributed by atoms with Crippen LogP contribution in [0.1, 0.15) is 19.3 Å². The van der Waals surface area contributed by atoms with E-state index in [9.17, 15) is 0 Å². The van der Waals surface area contributed by atoms with Crippen molar-refractivity contribution in [2.75, 3.05) is 86.8 Å². The number of unbranched alkanes of at least 4 members (excludes halogenated alkanes) is 1. The smallest absolute Gasteiger partial charge is 0.190 e. The molecule has 0 bridgehead atoms. The van der Waals surface area contributed by atoms with Gasteiger partial charge in [0.05, 0.1) is 13.2 Å². The third kappa shape index (κ3) is 10.8. The first-order valence-corrected chi connectivity index (χ1v) is 9.18. The SMILES string of the molecule is CN=C(NCCCCN1CCN(C)CC1)NCCCOCCOC. The molecule has 0 aromatic heterocycles. The molecule has 0 aromatic rings. The van der Waals surface area contributed by atoms with Crippen LogP contribution >= 0.6 is 0 Å². The molecule has 24 heavy (non-hydrogen) atoms. The van der Waals surface area contributed by atoms with Gasteiger partial charge in [0.2, 0.25) is 0 Å². The van der Waals surface area contributed by atoms with Gasteiger partial charge in [-0.05, 0) is 32.9 Å². The van der Waals surface area contributed by atoms with Crippen LogP contribution in [0.5, 0.6) is 0 Å². The standard InChI is InChI=1S/C17H37N5O2/c1-18-17(20-8-6-14-24-16-15-23-3)19-7-4-5-9-22-12-10-21(2)11-13-22/h4-16H2,1-3H3,(H2,18,19,20). The van der Waals surface area contributed by atoms with Crippen LogP contribution < -0.4 is 10.6 Å². The summed E-state index contributed by atoms with van der Waals surface area (Å²) in [6, 6.07) is 0. The van der Waals surface area contributed by atoms with Gasteiger partial charge in [-0.1, -0.05) is 0 Å². The molecule has 1 saturated heterocycles. The minimum Gasteiger partial charge on any atom is -0.382 e. The Morgan fingerprint density at radius 2 is 1.67 bits per heavy atom. The van der Waals surface area contributed by atoms with Gasteiger partial charge in [-0.15, -0.1) is 0 Å². The number of rotatable bonds is 12. The predicted octanol–water partition coefficient (Wildman–Crippen LogP) is 0.232. The summed E-state index contributed by atoms with van der Waals surface area (Å²) in [5, 5.41) is 6.69. The van der Waals surface area contributed by atoms with Crippen molar-refractivity contribution in [2.45, 2.75) is 19.3 Å². The topological polar surface area (TPSA) is 61.4 Å². The van der Waals surface area contributed by atoms with E-state index < -0.39 is 0 Å². The number of nitrogens with zero attached hydrogens (tertiary/aromatic N) is 3. The van der Waals surface area contributed by atoms with Crippen molar-refractivity contribution in [2.24, 2.45) is 4.99 Å². The second kappa shape index (κ2) is 14.5. The Morgan fingerprint density at radius 1 is 0.958 bits per heavy atom. The number of ether oxygens (including phenoxy) is 2. The van der Waals surface area contributed by atoms with Gasteiger partial charge in [-0.3, -0.25) is 4.99 Å². The maximum absolute atomic E-state index is 5.43. The number of likely N-dealkylation sites (N-methyl/N-ethyl adjacent to an activating group) is 1. The molecule has 1 aliphatic heterocycles. The molecule has 0 aromatic carbocycles. The van der Waals surface area contributed by atoms with Crippen molar-refractivity contribution in [3.63, 3.8) is 0 Å². The molecular weight excluding hydrogens is 306 g/mol. The lowest BCUT2D eigenvalue weighted by molar-refractivity contribution is 0.0698. The normalized spacial score (nSPS) is 17.2. The van der Waals surface area contributed by atoms with Crippen LogP contribution in [0, 0.1) is 0 Å². The summed E-state index contributed by atoms with van der Waals surface area (Å²) in [5.74, 6) is 0.881. The van der Waals surface area contributed by atoms with Crippen molar-refractivity contribution in [3.05, 3.63) is 0 Å². The number of guanidine groups is 1. The summed E-state index contributed by atoms with van der Waals surface area (Å²) in [4.78, 5) is 9.21. The summed E-state index contributed by atoms with van der Waals surface area (Å²) < 4.78 is 10.4. The Bertz CT molecular complexity index is 320. The maximum atomic E-state index is 5.43. The van der Waals surface area contributed by atoms with E-state index in [0.717, 1.165) is 32.1 Å². The molecule has 7 nitrogen and oxygen atoms in total. The van der Waals surface area contributed by atoms with Crippen LogP contribution in [-0.4, -0.2) is 103 Å². The van der Waals surface area contributed by atoms with Crippen molar-refractivity contribution in [1.29, 1.82) is 0 Å². The molecule has 0 atom stereocenters. The molecule has 0 amide bonds. The zero-order valence-electron chi connectivity index (χ0n) is 15.9. The quantitative estimate of drug-likeness (QED) is 0.301. The third-order valence-corrected chi connectivity index (χ3v) is 4.20. The average molecular weight is 344 g/mol. The highest BCUT2D eigenvalue weighted by Gasteiger charge is 2.12. The summed E-state index contributed by atoms with van der Waals surface area (Å²) in [5.41, 5.74) is 0. The van der Waals surface area contributed by atoms with Gasteiger partial charge < -0.3 is 29.9 Å². The van der Waals surface area contributed by atoms with Gasteiger partial charge in [0.1, 0.15) is 0 Å². The second-order valence-corrected chi connectivity index (χ2v) is 6.24. The molecule has 1 fully saturated rings. The highest BCUT2D eigenvalue weighted by molar-refractivity contribution is 5.79. The van der Waals surface area contributed by atoms with E-state index >= 15 is 0 Å². The van der Waals surface area contributed by atoms with E-state index in [0.29, 0.717) is 13.2 Å². The number of hydrogen-bond donors (Lipinski definition) is 2. The minimum absolute atomic E-state index is 0.658. The Morgan fingerprint density at radius 3 is 2.33 bits per heavy atom. The first kappa shape index (κ1) is 21.2. The number of nitrogens with one attached hydrogen (secondary N) is 2. The van der Waals surface area contributed by atoms with Crippen LogP contribution in [0.25, 0.3) is 0 Å². The highest BCUT2D eigenvalue weighted by atomic mass is 16.5. The monoisotopic (exact) mass is 343 g/mol. The molecule has 1 rings (SSSR count). The van der Waals surface area contributed by atoms with Gasteiger partial charge in [0.25, 0.3) is 0 Å². The van der Waals surface area contributed by atoms with E-state index in [1.807, 2.05) is 7.05 Å². The predicted molar refractivity (Wildman–Crippen MR) is 99.8 cm³/mol. The fourth-order valence-electron chi connectivity index (χ4n) is 2.58. The molecular formula is C17H37N5O2. The van der Waals surface area contributed by atoms with Crippen LogP contribution in [-0.2, 0) is 9.47 Å². The Kier molecular flexibility index (Phi) is 12.7. The van der Waals surface area contributed by atoms with E-state index in [4.69, 9.17) is 9.47 Å². The molecule has 2 N–H and O–H groups in total. The zero-order chi connectivity index (χ0) is 17.5. The maximum Gasteiger partial charge on any atom is 0.190 e. The average Bonchev–Trinajstić information content (AvgIpc) is 2.60. The lowest BCUT2D eigenvalue weighted by Crippen LogP contribution is -2.44. The molecule has 1 aliphatic rings. The van der Waals surface area contributed by atoms with Gasteiger partial charge in [-0.25, -0.2) is 0 Å². The highest BCUT2D eigenvalue weighted by Crippen LogP contribution is 2.01. The Balaban J connectivity index is 1.92. The van der Waals surface area contributed by atoms with E-state index in [-0.39, 0.29) is 0 Å². The summed E-state index contributed by atoms with van der Waals surface area (Å²) in [6.45, 7) is 9.93. The Hall–Kier alpha value is -0.890.